The fourth-order valence-corrected chi connectivity index (χ4v) is 3.04. The molecule has 2 saturated heterocycles. The predicted molar refractivity (Wildman–Crippen MR) is 51.9 cm³/mol. The number of nitrogens with zero attached hydrogens (tertiary/aromatic N) is 3. The first-order valence-electron chi connectivity index (χ1n) is 4.58. The van der Waals surface area contributed by atoms with Crippen LogP contribution in [0.3, 0.4) is 0 Å². The Hall–Kier alpha value is -0.680. The molecule has 4 rings (SSSR count). The zero-order valence-electron chi connectivity index (χ0n) is 7.47. The maximum absolute atomic E-state index is 5.98. The monoisotopic (exact) mass is 196 g/mol. The molecule has 3 fully saturated rings. The maximum atomic E-state index is 5.98. The molecule has 0 amide bonds. The van der Waals surface area contributed by atoms with Crippen molar-refractivity contribution in [3.63, 3.8) is 0 Å². The van der Waals surface area contributed by atoms with Crippen LogP contribution in [0.4, 0.5) is 5.13 Å². The summed E-state index contributed by atoms with van der Waals surface area (Å²) in [6.07, 6.45) is 1.25. The molecule has 2 aliphatic heterocycles. The number of anilines is 1. The summed E-state index contributed by atoms with van der Waals surface area (Å²) < 4.78 is 0. The topological polar surface area (TPSA) is 55.0 Å². The van der Waals surface area contributed by atoms with Gasteiger partial charge in [0.1, 0.15) is 5.01 Å². The van der Waals surface area contributed by atoms with Crippen LogP contribution in [0.15, 0.2) is 0 Å². The van der Waals surface area contributed by atoms with E-state index in [0.29, 0.717) is 18.0 Å². The highest BCUT2D eigenvalue weighted by Gasteiger charge is 2.50. The van der Waals surface area contributed by atoms with Crippen LogP contribution < -0.4 is 10.6 Å². The van der Waals surface area contributed by atoms with E-state index in [1.54, 1.807) is 11.3 Å². The minimum atomic E-state index is 0.379. The standard InChI is InChI=1S/C8H12N4S/c1-4-10-11-8(13-4)12-3-5-2-6(12)7(5)9/h5-7H,2-3,9H2,1H3. The molecule has 2 N–H and O–H groups in total. The number of hydrogen-bond donors (Lipinski definition) is 1. The molecule has 3 heterocycles. The second-order valence-corrected chi connectivity index (χ2v) is 5.06. The summed E-state index contributed by atoms with van der Waals surface area (Å²) in [5.74, 6) is 0.703. The van der Waals surface area contributed by atoms with Crippen molar-refractivity contribution in [1.29, 1.82) is 0 Å². The van der Waals surface area contributed by atoms with Crippen LogP contribution in [0.1, 0.15) is 11.4 Å². The van der Waals surface area contributed by atoms with E-state index in [2.05, 4.69) is 15.1 Å². The molecule has 0 spiro atoms. The van der Waals surface area contributed by atoms with Crippen LogP contribution in [-0.2, 0) is 0 Å². The number of rotatable bonds is 1. The Labute approximate surface area is 80.8 Å². The van der Waals surface area contributed by atoms with Gasteiger partial charge in [-0.15, -0.1) is 10.2 Å². The van der Waals surface area contributed by atoms with Gasteiger partial charge in [-0.3, -0.25) is 0 Å². The van der Waals surface area contributed by atoms with Crippen molar-refractivity contribution in [1.82, 2.24) is 10.2 Å². The van der Waals surface area contributed by atoms with E-state index < -0.39 is 0 Å². The summed E-state index contributed by atoms with van der Waals surface area (Å²) in [5.41, 5.74) is 5.98. The molecule has 13 heavy (non-hydrogen) atoms. The Kier molecular flexibility index (Phi) is 1.43. The first kappa shape index (κ1) is 7.70. The van der Waals surface area contributed by atoms with Crippen LogP contribution in [0, 0.1) is 12.8 Å². The SMILES string of the molecule is Cc1nnc(N2CC3CC2C3N)s1. The molecule has 3 unspecified atom stereocenters. The Balaban J connectivity index is 1.88. The molecule has 1 aliphatic carbocycles. The molecule has 1 aromatic heterocycles. The first-order valence-corrected chi connectivity index (χ1v) is 5.39. The van der Waals surface area contributed by atoms with Gasteiger partial charge in [0, 0.05) is 18.6 Å². The molecule has 1 saturated carbocycles. The highest BCUT2D eigenvalue weighted by atomic mass is 32.1. The third-order valence-electron chi connectivity index (χ3n) is 3.13. The average molecular weight is 196 g/mol. The molecule has 3 aliphatic rings. The Bertz CT molecular complexity index is 337. The number of aromatic nitrogens is 2. The highest BCUT2D eigenvalue weighted by Crippen LogP contribution is 2.42. The molecule has 3 atom stereocenters. The van der Waals surface area contributed by atoms with Crippen molar-refractivity contribution >= 4 is 16.5 Å². The van der Waals surface area contributed by atoms with Crippen LogP contribution >= 0.6 is 11.3 Å². The van der Waals surface area contributed by atoms with Crippen LogP contribution in [0.5, 0.6) is 0 Å². The van der Waals surface area contributed by atoms with E-state index in [-0.39, 0.29) is 0 Å². The predicted octanol–water partition coefficient (Wildman–Crippen LogP) is 0.382. The molecule has 5 heteroatoms. The van der Waals surface area contributed by atoms with E-state index in [1.807, 2.05) is 6.92 Å². The third kappa shape index (κ3) is 0.941. The van der Waals surface area contributed by atoms with Crippen LogP contribution in [-0.4, -0.2) is 28.8 Å². The summed E-state index contributed by atoms with van der Waals surface area (Å²) in [7, 11) is 0. The maximum Gasteiger partial charge on any atom is 0.208 e. The Morgan fingerprint density at radius 1 is 1.54 bits per heavy atom. The largest absolute Gasteiger partial charge is 0.342 e. The van der Waals surface area contributed by atoms with E-state index in [4.69, 9.17) is 5.73 Å². The van der Waals surface area contributed by atoms with Crippen molar-refractivity contribution in [3.05, 3.63) is 5.01 Å². The van der Waals surface area contributed by atoms with Crippen molar-refractivity contribution < 1.29 is 0 Å². The van der Waals surface area contributed by atoms with E-state index in [0.717, 1.165) is 16.7 Å². The Morgan fingerprint density at radius 3 is 2.85 bits per heavy atom. The van der Waals surface area contributed by atoms with Crippen molar-refractivity contribution in [2.45, 2.75) is 25.4 Å². The fraction of sp³-hybridized carbons (Fsp3) is 0.750. The number of fused-ring (bicyclic) bond motifs is 1. The van der Waals surface area contributed by atoms with Gasteiger partial charge in [-0.1, -0.05) is 11.3 Å². The van der Waals surface area contributed by atoms with Gasteiger partial charge in [-0.2, -0.15) is 0 Å². The van der Waals surface area contributed by atoms with E-state index >= 15 is 0 Å². The second kappa shape index (κ2) is 2.42. The summed E-state index contributed by atoms with van der Waals surface area (Å²) in [4.78, 5) is 2.32. The molecule has 4 nitrogen and oxygen atoms in total. The van der Waals surface area contributed by atoms with Gasteiger partial charge in [0.15, 0.2) is 0 Å². The third-order valence-corrected chi connectivity index (χ3v) is 4.00. The number of nitrogens with two attached hydrogens (primary N) is 1. The summed E-state index contributed by atoms with van der Waals surface area (Å²) in [6, 6.07) is 0.918. The van der Waals surface area contributed by atoms with Crippen molar-refractivity contribution in [2.75, 3.05) is 11.4 Å². The second-order valence-electron chi connectivity index (χ2n) is 3.90. The molecule has 0 aromatic carbocycles. The lowest BCUT2D eigenvalue weighted by molar-refractivity contribution is 0.311. The summed E-state index contributed by atoms with van der Waals surface area (Å²) in [5, 5.41) is 10.3. The van der Waals surface area contributed by atoms with Crippen molar-refractivity contribution in [3.8, 4) is 0 Å². The molecular formula is C8H12N4S. The quantitative estimate of drug-likeness (QED) is 0.705. The molecular weight excluding hydrogens is 184 g/mol. The number of hydrogen-bond acceptors (Lipinski definition) is 5. The fourth-order valence-electron chi connectivity index (χ4n) is 2.28. The molecule has 2 bridgehead atoms. The molecule has 0 radical (unpaired) electrons. The Morgan fingerprint density at radius 2 is 2.38 bits per heavy atom. The van der Waals surface area contributed by atoms with Crippen molar-refractivity contribution in [2.24, 2.45) is 11.7 Å². The lowest BCUT2D eigenvalue weighted by Crippen LogP contribution is -2.49. The normalized spacial score (nSPS) is 36.5. The first-order chi connectivity index (χ1) is 6.25. The lowest BCUT2D eigenvalue weighted by atomic mass is 9.81. The molecule has 70 valence electrons. The van der Waals surface area contributed by atoms with Crippen LogP contribution in [0.2, 0.25) is 0 Å². The van der Waals surface area contributed by atoms with Gasteiger partial charge in [-0.05, 0) is 19.3 Å². The minimum Gasteiger partial charge on any atom is -0.342 e. The van der Waals surface area contributed by atoms with Crippen LogP contribution in [0.25, 0.3) is 0 Å². The van der Waals surface area contributed by atoms with Gasteiger partial charge >= 0.3 is 0 Å². The highest BCUT2D eigenvalue weighted by molar-refractivity contribution is 7.15. The number of aryl methyl sites for hydroxylation is 1. The minimum absolute atomic E-state index is 0.379. The summed E-state index contributed by atoms with van der Waals surface area (Å²) in [6.45, 7) is 3.07. The van der Waals surface area contributed by atoms with Gasteiger partial charge in [-0.25, -0.2) is 0 Å². The smallest absolute Gasteiger partial charge is 0.208 e. The van der Waals surface area contributed by atoms with E-state index in [1.165, 1.54) is 6.42 Å². The zero-order valence-corrected chi connectivity index (χ0v) is 8.29. The van der Waals surface area contributed by atoms with Gasteiger partial charge < -0.3 is 10.6 Å². The average Bonchev–Trinajstić information content (AvgIpc) is 2.74. The lowest BCUT2D eigenvalue weighted by Gasteiger charge is -2.32. The molecule has 1 aromatic rings. The van der Waals surface area contributed by atoms with Gasteiger partial charge in [0.05, 0.1) is 0 Å². The van der Waals surface area contributed by atoms with Gasteiger partial charge in [0.25, 0.3) is 0 Å². The zero-order chi connectivity index (χ0) is 9.00. The van der Waals surface area contributed by atoms with Gasteiger partial charge in [0.2, 0.25) is 5.13 Å². The van der Waals surface area contributed by atoms with E-state index in [9.17, 15) is 0 Å². The summed E-state index contributed by atoms with van der Waals surface area (Å²) >= 11 is 1.67.